The molecule has 0 bridgehead atoms. The van der Waals surface area contributed by atoms with Gasteiger partial charge in [-0.05, 0) is 39.2 Å². The van der Waals surface area contributed by atoms with E-state index in [-0.39, 0.29) is 5.91 Å². The van der Waals surface area contributed by atoms with Crippen LogP contribution in [0.2, 0.25) is 0 Å². The standard InChI is InChI=1S/C19H24N4O3/c1-3-25-17-7-6-16(26-17)19(24)23-11-8-14-15(12-23)20-13(2)21-18(14)22-9-4-5-10-22/h6-7H,3-5,8-12H2,1-2H3. The average Bonchev–Trinajstić information content (AvgIpc) is 3.32. The summed E-state index contributed by atoms with van der Waals surface area (Å²) in [5.74, 6) is 2.39. The van der Waals surface area contributed by atoms with Crippen LogP contribution in [0.4, 0.5) is 5.82 Å². The molecule has 4 rings (SSSR count). The first kappa shape index (κ1) is 16.9. The molecule has 0 aromatic carbocycles. The molecule has 0 unspecified atom stereocenters. The van der Waals surface area contributed by atoms with Gasteiger partial charge in [-0.3, -0.25) is 4.79 Å². The lowest BCUT2D eigenvalue weighted by Crippen LogP contribution is -2.37. The number of aromatic nitrogens is 2. The van der Waals surface area contributed by atoms with E-state index in [4.69, 9.17) is 14.1 Å². The van der Waals surface area contributed by atoms with Crippen LogP contribution in [0.15, 0.2) is 16.5 Å². The van der Waals surface area contributed by atoms with Gasteiger partial charge in [0.05, 0.1) is 18.8 Å². The number of carbonyl (C=O) groups is 1. The molecule has 2 aromatic heterocycles. The first-order valence-corrected chi connectivity index (χ1v) is 9.29. The second-order valence-corrected chi connectivity index (χ2v) is 6.74. The van der Waals surface area contributed by atoms with Crippen molar-refractivity contribution in [1.29, 1.82) is 0 Å². The Kier molecular flexibility index (Phi) is 4.53. The van der Waals surface area contributed by atoms with Gasteiger partial charge < -0.3 is 19.0 Å². The Bertz CT molecular complexity index is 811. The highest BCUT2D eigenvalue weighted by atomic mass is 16.6. The molecule has 2 aromatic rings. The molecule has 7 nitrogen and oxygen atoms in total. The van der Waals surface area contributed by atoms with Crippen molar-refractivity contribution in [1.82, 2.24) is 14.9 Å². The monoisotopic (exact) mass is 356 g/mol. The normalized spacial score (nSPS) is 16.7. The average molecular weight is 356 g/mol. The van der Waals surface area contributed by atoms with Crippen molar-refractivity contribution in [3.05, 3.63) is 35.0 Å². The first-order chi connectivity index (χ1) is 12.7. The summed E-state index contributed by atoms with van der Waals surface area (Å²) in [6, 6.07) is 3.36. The number of fused-ring (bicyclic) bond motifs is 1. The molecule has 26 heavy (non-hydrogen) atoms. The number of anilines is 1. The minimum Gasteiger partial charge on any atom is -0.465 e. The number of hydrogen-bond acceptors (Lipinski definition) is 6. The summed E-state index contributed by atoms with van der Waals surface area (Å²) in [5, 5.41) is 0. The van der Waals surface area contributed by atoms with Crippen LogP contribution in [0.1, 0.15) is 47.4 Å². The molecule has 2 aliphatic rings. The lowest BCUT2D eigenvalue weighted by Gasteiger charge is -2.30. The number of nitrogens with zero attached hydrogens (tertiary/aromatic N) is 4. The second-order valence-electron chi connectivity index (χ2n) is 6.74. The van der Waals surface area contributed by atoms with E-state index in [0.29, 0.717) is 31.4 Å². The lowest BCUT2D eigenvalue weighted by atomic mass is 10.0. The second kappa shape index (κ2) is 6.97. The van der Waals surface area contributed by atoms with E-state index in [1.807, 2.05) is 13.8 Å². The molecule has 0 saturated carbocycles. The third kappa shape index (κ3) is 3.13. The predicted octanol–water partition coefficient (Wildman–Crippen LogP) is 2.58. The summed E-state index contributed by atoms with van der Waals surface area (Å²) < 4.78 is 10.8. The Labute approximate surface area is 153 Å². The zero-order valence-corrected chi connectivity index (χ0v) is 15.3. The maximum absolute atomic E-state index is 12.8. The molecule has 7 heteroatoms. The first-order valence-electron chi connectivity index (χ1n) is 9.29. The van der Waals surface area contributed by atoms with Gasteiger partial charge in [0.25, 0.3) is 11.9 Å². The largest absolute Gasteiger partial charge is 0.465 e. The SMILES string of the molecule is CCOc1ccc(C(=O)N2CCc3c(nc(C)nc3N3CCCC3)C2)o1. The van der Waals surface area contributed by atoms with Gasteiger partial charge in [-0.25, -0.2) is 9.97 Å². The molecular formula is C19H24N4O3. The van der Waals surface area contributed by atoms with Gasteiger partial charge in [0.1, 0.15) is 11.6 Å². The number of hydrogen-bond donors (Lipinski definition) is 0. The highest BCUT2D eigenvalue weighted by molar-refractivity contribution is 5.91. The summed E-state index contributed by atoms with van der Waals surface area (Å²) in [6.45, 7) is 7.55. The number of furan rings is 1. The smallest absolute Gasteiger partial charge is 0.290 e. The molecule has 0 atom stereocenters. The van der Waals surface area contributed by atoms with Crippen molar-refractivity contribution >= 4 is 11.7 Å². The number of carbonyl (C=O) groups excluding carboxylic acids is 1. The molecule has 1 fully saturated rings. The molecule has 1 amide bonds. The summed E-state index contributed by atoms with van der Waals surface area (Å²) in [5.41, 5.74) is 2.14. The third-order valence-corrected chi connectivity index (χ3v) is 4.93. The van der Waals surface area contributed by atoms with Crippen LogP contribution in [0, 0.1) is 6.92 Å². The Hall–Kier alpha value is -2.57. The van der Waals surface area contributed by atoms with Crippen molar-refractivity contribution in [3.8, 4) is 5.95 Å². The number of ether oxygens (including phenoxy) is 1. The maximum Gasteiger partial charge on any atom is 0.290 e. The van der Waals surface area contributed by atoms with E-state index in [9.17, 15) is 4.79 Å². The van der Waals surface area contributed by atoms with Gasteiger partial charge in [0.15, 0.2) is 5.76 Å². The van der Waals surface area contributed by atoms with Crippen LogP contribution >= 0.6 is 0 Å². The fourth-order valence-electron chi connectivity index (χ4n) is 3.71. The summed E-state index contributed by atoms with van der Waals surface area (Å²) in [7, 11) is 0. The van der Waals surface area contributed by atoms with E-state index in [2.05, 4.69) is 9.88 Å². The Balaban J connectivity index is 1.56. The molecule has 0 spiro atoms. The summed E-state index contributed by atoms with van der Waals surface area (Å²) in [4.78, 5) is 26.2. The number of amides is 1. The van der Waals surface area contributed by atoms with E-state index >= 15 is 0 Å². The zero-order valence-electron chi connectivity index (χ0n) is 15.3. The van der Waals surface area contributed by atoms with Crippen molar-refractivity contribution in [2.24, 2.45) is 0 Å². The third-order valence-electron chi connectivity index (χ3n) is 4.93. The molecule has 138 valence electrons. The number of aryl methyl sites for hydroxylation is 1. The highest BCUT2D eigenvalue weighted by Gasteiger charge is 2.29. The van der Waals surface area contributed by atoms with E-state index in [0.717, 1.165) is 36.8 Å². The van der Waals surface area contributed by atoms with Gasteiger partial charge in [0.2, 0.25) is 0 Å². The van der Waals surface area contributed by atoms with E-state index in [1.165, 1.54) is 18.4 Å². The molecule has 1 saturated heterocycles. The van der Waals surface area contributed by atoms with Crippen LogP contribution in [0.25, 0.3) is 0 Å². The van der Waals surface area contributed by atoms with Crippen molar-refractivity contribution < 1.29 is 13.9 Å². The van der Waals surface area contributed by atoms with E-state index in [1.54, 1.807) is 17.0 Å². The fourth-order valence-corrected chi connectivity index (χ4v) is 3.71. The van der Waals surface area contributed by atoms with Crippen LogP contribution in [-0.4, -0.2) is 47.0 Å². The van der Waals surface area contributed by atoms with Gasteiger partial charge in [-0.1, -0.05) is 0 Å². The van der Waals surface area contributed by atoms with Crippen molar-refractivity contribution in [2.45, 2.75) is 39.7 Å². The van der Waals surface area contributed by atoms with E-state index < -0.39 is 0 Å². The van der Waals surface area contributed by atoms with Gasteiger partial charge >= 0.3 is 0 Å². The molecule has 4 heterocycles. The van der Waals surface area contributed by atoms with Crippen LogP contribution in [-0.2, 0) is 13.0 Å². The Morgan fingerprint density at radius 3 is 2.81 bits per heavy atom. The quantitative estimate of drug-likeness (QED) is 0.838. The summed E-state index contributed by atoms with van der Waals surface area (Å²) in [6.07, 6.45) is 3.19. The molecular weight excluding hydrogens is 332 g/mol. The minimum atomic E-state index is -0.124. The van der Waals surface area contributed by atoms with Crippen LogP contribution in [0.3, 0.4) is 0 Å². The predicted molar refractivity (Wildman–Crippen MR) is 96.5 cm³/mol. The van der Waals surface area contributed by atoms with Gasteiger partial charge in [0, 0.05) is 31.3 Å². The zero-order chi connectivity index (χ0) is 18.1. The molecule has 0 N–H and O–H groups in total. The minimum absolute atomic E-state index is 0.124. The molecule has 2 aliphatic heterocycles. The lowest BCUT2D eigenvalue weighted by molar-refractivity contribution is 0.0691. The highest BCUT2D eigenvalue weighted by Crippen LogP contribution is 2.29. The van der Waals surface area contributed by atoms with Gasteiger partial charge in [-0.2, -0.15) is 0 Å². The van der Waals surface area contributed by atoms with Crippen molar-refractivity contribution in [2.75, 3.05) is 31.1 Å². The Morgan fingerprint density at radius 2 is 2.04 bits per heavy atom. The van der Waals surface area contributed by atoms with Crippen molar-refractivity contribution in [3.63, 3.8) is 0 Å². The fraction of sp³-hybridized carbons (Fsp3) is 0.526. The van der Waals surface area contributed by atoms with Gasteiger partial charge in [-0.15, -0.1) is 0 Å². The number of rotatable bonds is 4. The topological polar surface area (TPSA) is 71.7 Å². The molecule has 0 radical (unpaired) electrons. The van der Waals surface area contributed by atoms with Crippen LogP contribution in [0.5, 0.6) is 5.95 Å². The summed E-state index contributed by atoms with van der Waals surface area (Å²) >= 11 is 0. The molecule has 0 aliphatic carbocycles. The Morgan fingerprint density at radius 1 is 1.23 bits per heavy atom. The van der Waals surface area contributed by atoms with Crippen LogP contribution < -0.4 is 9.64 Å². The maximum atomic E-state index is 12.8.